The van der Waals surface area contributed by atoms with E-state index in [-0.39, 0.29) is 0 Å². The first kappa shape index (κ1) is 20.7. The first-order valence-corrected chi connectivity index (χ1v) is 12.3. The van der Waals surface area contributed by atoms with Crippen molar-refractivity contribution in [1.29, 1.82) is 0 Å². The number of aliphatic hydroxyl groups excluding tert-OH is 1. The Morgan fingerprint density at radius 3 is 2.08 bits per heavy atom. The Labute approximate surface area is 163 Å². The van der Waals surface area contributed by atoms with E-state index in [0.717, 1.165) is 41.4 Å². The van der Waals surface area contributed by atoms with Gasteiger partial charge in [-0.1, -0.05) is 46.0 Å². The molecule has 1 N–H and O–H groups in total. The van der Waals surface area contributed by atoms with Crippen LogP contribution in [-0.4, -0.2) is 11.7 Å². The first-order chi connectivity index (χ1) is 12.7. The van der Waals surface area contributed by atoms with Crippen LogP contribution in [0.25, 0.3) is 0 Å². The summed E-state index contributed by atoms with van der Waals surface area (Å²) in [6.07, 6.45) is 23.3. The molecular weight excluding hydrogens is 316 g/mol. The lowest BCUT2D eigenvalue weighted by Gasteiger charge is -2.48. The topological polar surface area (TPSA) is 20.2 Å². The minimum Gasteiger partial charge on any atom is -0.396 e. The van der Waals surface area contributed by atoms with Crippen LogP contribution in [0.15, 0.2) is 0 Å². The lowest BCUT2D eigenvalue weighted by Crippen LogP contribution is -2.37. The molecule has 3 rings (SSSR count). The first-order valence-electron chi connectivity index (χ1n) is 12.3. The van der Waals surface area contributed by atoms with E-state index in [1.165, 1.54) is 57.8 Å². The Balaban J connectivity index is 1.46. The molecule has 0 radical (unpaired) electrons. The van der Waals surface area contributed by atoms with Gasteiger partial charge in [-0.3, -0.25) is 0 Å². The van der Waals surface area contributed by atoms with E-state index >= 15 is 0 Å². The van der Waals surface area contributed by atoms with Gasteiger partial charge in [0.15, 0.2) is 0 Å². The lowest BCUT2D eigenvalue weighted by atomic mass is 9.57. The minimum absolute atomic E-state index is 0.384. The fourth-order valence-electron chi connectivity index (χ4n) is 7.16. The molecule has 0 bridgehead atoms. The monoisotopic (exact) mass is 362 g/mol. The molecule has 3 unspecified atom stereocenters. The Hall–Kier alpha value is -0.0400. The molecule has 1 heteroatoms. The summed E-state index contributed by atoms with van der Waals surface area (Å²) in [6, 6.07) is 0. The highest BCUT2D eigenvalue weighted by Gasteiger charge is 2.42. The van der Waals surface area contributed by atoms with E-state index < -0.39 is 0 Å². The largest absolute Gasteiger partial charge is 0.396 e. The molecule has 3 aliphatic carbocycles. The van der Waals surface area contributed by atoms with Crippen LogP contribution >= 0.6 is 0 Å². The molecule has 1 nitrogen and oxygen atoms in total. The molecule has 26 heavy (non-hydrogen) atoms. The maximum atomic E-state index is 9.04. The molecule has 3 aliphatic rings. The van der Waals surface area contributed by atoms with Gasteiger partial charge in [-0.15, -0.1) is 0 Å². The molecule has 0 aliphatic heterocycles. The third-order valence-corrected chi connectivity index (χ3v) is 9.13. The third kappa shape index (κ3) is 5.06. The van der Waals surface area contributed by atoms with Crippen molar-refractivity contribution < 1.29 is 5.11 Å². The summed E-state index contributed by atoms with van der Waals surface area (Å²) in [5.41, 5.74) is 0.769. The Morgan fingerprint density at radius 2 is 1.46 bits per heavy atom. The van der Waals surface area contributed by atoms with Crippen LogP contribution < -0.4 is 0 Å². The van der Waals surface area contributed by atoms with Crippen molar-refractivity contribution >= 4 is 0 Å². The molecule has 0 aromatic carbocycles. The number of hydrogen-bond donors (Lipinski definition) is 1. The summed E-state index contributed by atoms with van der Waals surface area (Å²) in [5.74, 6) is 5.09. The van der Waals surface area contributed by atoms with Gasteiger partial charge in [-0.2, -0.15) is 0 Å². The minimum atomic E-state index is 0.384. The van der Waals surface area contributed by atoms with Crippen molar-refractivity contribution in [3.05, 3.63) is 0 Å². The molecule has 1 spiro atoms. The van der Waals surface area contributed by atoms with Crippen molar-refractivity contribution in [2.24, 2.45) is 35.0 Å². The fraction of sp³-hybridized carbons (Fsp3) is 1.00. The Kier molecular flexibility index (Phi) is 7.91. The van der Waals surface area contributed by atoms with Crippen molar-refractivity contribution in [2.75, 3.05) is 6.61 Å². The fourth-order valence-corrected chi connectivity index (χ4v) is 7.16. The zero-order valence-electron chi connectivity index (χ0n) is 17.9. The molecule has 3 saturated carbocycles. The van der Waals surface area contributed by atoms with Crippen LogP contribution in [0, 0.1) is 35.0 Å². The summed E-state index contributed by atoms with van der Waals surface area (Å²) < 4.78 is 0. The Bertz CT molecular complexity index is 385. The summed E-state index contributed by atoms with van der Waals surface area (Å²) >= 11 is 0. The van der Waals surface area contributed by atoms with E-state index in [2.05, 4.69) is 13.8 Å². The maximum absolute atomic E-state index is 9.04. The zero-order valence-corrected chi connectivity index (χ0v) is 17.9. The highest BCUT2D eigenvalue weighted by Crippen LogP contribution is 2.54. The summed E-state index contributed by atoms with van der Waals surface area (Å²) in [5, 5.41) is 9.04. The molecule has 0 aromatic heterocycles. The van der Waals surface area contributed by atoms with Gasteiger partial charge in [0, 0.05) is 6.61 Å². The van der Waals surface area contributed by atoms with Crippen molar-refractivity contribution in [3.63, 3.8) is 0 Å². The zero-order chi connectivity index (χ0) is 18.4. The second-order valence-electron chi connectivity index (χ2n) is 10.4. The smallest absolute Gasteiger partial charge is 0.0431 e. The molecule has 152 valence electrons. The average molecular weight is 363 g/mol. The lowest BCUT2D eigenvalue weighted by molar-refractivity contribution is 0.0274. The number of unbranched alkanes of at least 4 members (excludes halogenated alkanes) is 1. The highest BCUT2D eigenvalue weighted by atomic mass is 16.2. The van der Waals surface area contributed by atoms with Gasteiger partial charge in [-0.05, 0) is 106 Å². The SMILES string of the molecule is CCC1CCC2(CC1)CCC(C1CCC(CCCCO)CC1CC)CC2. The van der Waals surface area contributed by atoms with E-state index in [1.807, 2.05) is 0 Å². The average Bonchev–Trinajstić information content (AvgIpc) is 2.69. The van der Waals surface area contributed by atoms with Gasteiger partial charge in [0.25, 0.3) is 0 Å². The molecule has 0 aromatic rings. The van der Waals surface area contributed by atoms with Gasteiger partial charge < -0.3 is 5.11 Å². The van der Waals surface area contributed by atoms with E-state index in [4.69, 9.17) is 5.11 Å². The molecule has 0 saturated heterocycles. The highest BCUT2D eigenvalue weighted by molar-refractivity contribution is 4.93. The van der Waals surface area contributed by atoms with E-state index in [0.29, 0.717) is 6.61 Å². The van der Waals surface area contributed by atoms with Gasteiger partial charge in [0.2, 0.25) is 0 Å². The second kappa shape index (κ2) is 9.94. The van der Waals surface area contributed by atoms with E-state index in [9.17, 15) is 0 Å². The summed E-state index contributed by atoms with van der Waals surface area (Å²) in [6.45, 7) is 5.23. The summed E-state index contributed by atoms with van der Waals surface area (Å²) in [7, 11) is 0. The van der Waals surface area contributed by atoms with Gasteiger partial charge in [0.05, 0.1) is 0 Å². The number of hydrogen-bond acceptors (Lipinski definition) is 1. The predicted octanol–water partition coefficient (Wildman–Crippen LogP) is 7.37. The van der Waals surface area contributed by atoms with Gasteiger partial charge >= 0.3 is 0 Å². The van der Waals surface area contributed by atoms with Gasteiger partial charge in [-0.25, -0.2) is 0 Å². The molecule has 0 heterocycles. The van der Waals surface area contributed by atoms with Crippen molar-refractivity contribution in [3.8, 4) is 0 Å². The number of rotatable bonds is 7. The number of aliphatic hydroxyl groups is 1. The second-order valence-corrected chi connectivity index (χ2v) is 10.4. The van der Waals surface area contributed by atoms with Crippen LogP contribution in [0.5, 0.6) is 0 Å². The normalized spacial score (nSPS) is 41.4. The molecular formula is C25H46O. The van der Waals surface area contributed by atoms with E-state index in [1.54, 1.807) is 38.5 Å². The summed E-state index contributed by atoms with van der Waals surface area (Å²) in [4.78, 5) is 0. The maximum Gasteiger partial charge on any atom is 0.0431 e. The quantitative estimate of drug-likeness (QED) is 0.469. The predicted molar refractivity (Wildman–Crippen MR) is 112 cm³/mol. The van der Waals surface area contributed by atoms with Crippen molar-refractivity contribution in [1.82, 2.24) is 0 Å². The van der Waals surface area contributed by atoms with Crippen LogP contribution in [0.1, 0.15) is 117 Å². The molecule has 3 fully saturated rings. The molecule has 3 atom stereocenters. The van der Waals surface area contributed by atoms with Crippen LogP contribution in [0.4, 0.5) is 0 Å². The van der Waals surface area contributed by atoms with Crippen LogP contribution in [0.3, 0.4) is 0 Å². The van der Waals surface area contributed by atoms with Crippen molar-refractivity contribution in [2.45, 2.75) is 117 Å². The Morgan fingerprint density at radius 1 is 0.769 bits per heavy atom. The van der Waals surface area contributed by atoms with Crippen LogP contribution in [0.2, 0.25) is 0 Å². The third-order valence-electron chi connectivity index (χ3n) is 9.13. The molecule has 0 amide bonds. The van der Waals surface area contributed by atoms with Crippen LogP contribution in [-0.2, 0) is 0 Å². The standard InChI is InChI=1S/C25H46O/c1-3-20-10-14-25(15-11-20)16-12-23(13-17-25)24-9-8-21(7-5-6-18-26)19-22(24)4-2/h20-24,26H,3-19H2,1-2H3. The van der Waals surface area contributed by atoms with Gasteiger partial charge in [0.1, 0.15) is 0 Å².